The molecule has 27 heavy (non-hydrogen) atoms. The molecule has 3 rings (SSSR count). The van der Waals surface area contributed by atoms with Gasteiger partial charge in [-0.1, -0.05) is 35.9 Å². The van der Waals surface area contributed by atoms with Gasteiger partial charge in [0.05, 0.1) is 17.0 Å². The van der Waals surface area contributed by atoms with Gasteiger partial charge in [0.1, 0.15) is 0 Å². The monoisotopic (exact) mass is 386 g/mol. The maximum Gasteiger partial charge on any atom is 0.252 e. The summed E-state index contributed by atoms with van der Waals surface area (Å²) in [5, 5.41) is 10.2. The summed E-state index contributed by atoms with van der Waals surface area (Å²) >= 11 is 0. The summed E-state index contributed by atoms with van der Waals surface area (Å²) < 4.78 is 27.1. The van der Waals surface area contributed by atoms with Crippen LogP contribution in [-0.4, -0.2) is 36.0 Å². The number of nitrogens with zero attached hydrogens (tertiary/aromatic N) is 1. The molecule has 142 valence electrons. The van der Waals surface area contributed by atoms with Crippen molar-refractivity contribution in [2.45, 2.75) is 25.3 Å². The van der Waals surface area contributed by atoms with Crippen LogP contribution in [0, 0.1) is 13.8 Å². The minimum absolute atomic E-state index is 0.0957. The van der Waals surface area contributed by atoms with Crippen LogP contribution in [0.2, 0.25) is 0 Å². The van der Waals surface area contributed by atoms with Crippen LogP contribution in [0.5, 0.6) is 0 Å². The van der Waals surface area contributed by atoms with Crippen molar-refractivity contribution in [1.82, 2.24) is 9.29 Å². The van der Waals surface area contributed by atoms with E-state index < -0.39 is 10.0 Å². The molecule has 2 aromatic carbocycles. The lowest BCUT2D eigenvalue weighted by Crippen LogP contribution is -2.35. The Morgan fingerprint density at radius 1 is 1.07 bits per heavy atom. The Bertz CT molecular complexity index is 1120. The first-order valence-corrected chi connectivity index (χ1v) is 10.1. The van der Waals surface area contributed by atoms with E-state index in [1.165, 1.54) is 12.1 Å². The normalized spacial score (nSPS) is 12.0. The van der Waals surface area contributed by atoms with E-state index >= 15 is 0 Å². The Kier molecular flexibility index (Phi) is 5.46. The molecule has 1 aromatic heterocycles. The third-order valence-electron chi connectivity index (χ3n) is 4.52. The quantitative estimate of drug-likeness (QED) is 0.680. The Hall–Kier alpha value is -2.48. The van der Waals surface area contributed by atoms with Crippen LogP contribution in [0.15, 0.2) is 58.2 Å². The number of rotatable bonds is 6. The Balaban J connectivity index is 2.02. The van der Waals surface area contributed by atoms with Crippen LogP contribution in [0.1, 0.15) is 16.7 Å². The maximum atomic E-state index is 13.0. The van der Waals surface area contributed by atoms with Gasteiger partial charge in [0.15, 0.2) is 0 Å². The molecule has 0 fully saturated rings. The van der Waals surface area contributed by atoms with Crippen LogP contribution in [0.4, 0.5) is 0 Å². The van der Waals surface area contributed by atoms with Crippen molar-refractivity contribution in [2.75, 3.05) is 13.2 Å². The van der Waals surface area contributed by atoms with Crippen molar-refractivity contribution >= 4 is 20.9 Å². The van der Waals surface area contributed by atoms with Gasteiger partial charge in [0.25, 0.3) is 5.56 Å². The largest absolute Gasteiger partial charge is 0.395 e. The van der Waals surface area contributed by atoms with Gasteiger partial charge < -0.3 is 10.1 Å². The summed E-state index contributed by atoms with van der Waals surface area (Å²) in [6.07, 6.45) is 0. The Morgan fingerprint density at radius 2 is 1.78 bits per heavy atom. The average molecular weight is 386 g/mol. The molecule has 0 bridgehead atoms. The standard InChI is InChI=1S/C20H22N2O4S/c1-14-6-8-18(9-7-14)27(25,26)22(10-11-23)13-17-12-16-5-3-4-15(2)19(16)21-20(17)24/h3-9,12,23H,10-11,13H2,1-2H3,(H,21,24). The molecule has 0 radical (unpaired) electrons. The summed E-state index contributed by atoms with van der Waals surface area (Å²) in [4.78, 5) is 15.5. The molecular formula is C20H22N2O4S. The lowest BCUT2D eigenvalue weighted by molar-refractivity contribution is 0.251. The van der Waals surface area contributed by atoms with Crippen LogP contribution in [-0.2, 0) is 16.6 Å². The number of hydrogen-bond donors (Lipinski definition) is 2. The second-order valence-corrected chi connectivity index (χ2v) is 8.48. The number of aryl methyl sites for hydroxylation is 2. The topological polar surface area (TPSA) is 90.5 Å². The van der Waals surface area contributed by atoms with Gasteiger partial charge in [-0.05, 0) is 43.0 Å². The van der Waals surface area contributed by atoms with Crippen LogP contribution < -0.4 is 5.56 Å². The minimum Gasteiger partial charge on any atom is -0.395 e. The number of aliphatic hydroxyl groups excluding tert-OH is 1. The number of fused-ring (bicyclic) bond motifs is 1. The average Bonchev–Trinajstić information content (AvgIpc) is 2.63. The van der Waals surface area contributed by atoms with E-state index in [4.69, 9.17) is 0 Å². The first kappa shape index (κ1) is 19.3. The zero-order valence-electron chi connectivity index (χ0n) is 15.3. The number of aliphatic hydroxyl groups is 1. The van der Waals surface area contributed by atoms with E-state index in [0.29, 0.717) is 5.56 Å². The number of hydrogen-bond acceptors (Lipinski definition) is 4. The van der Waals surface area contributed by atoms with E-state index in [1.54, 1.807) is 18.2 Å². The minimum atomic E-state index is -3.84. The lowest BCUT2D eigenvalue weighted by Gasteiger charge is -2.21. The zero-order valence-corrected chi connectivity index (χ0v) is 16.1. The molecule has 0 saturated heterocycles. The van der Waals surface area contributed by atoms with Gasteiger partial charge in [-0.15, -0.1) is 0 Å². The molecule has 1 heterocycles. The fourth-order valence-corrected chi connectivity index (χ4v) is 4.40. The van der Waals surface area contributed by atoms with Crippen molar-refractivity contribution in [1.29, 1.82) is 0 Å². The molecule has 7 heteroatoms. The summed E-state index contributed by atoms with van der Waals surface area (Å²) in [6.45, 7) is 3.23. The summed E-state index contributed by atoms with van der Waals surface area (Å²) in [5.74, 6) is 0. The molecule has 0 saturated carbocycles. The second-order valence-electron chi connectivity index (χ2n) is 6.54. The molecule has 2 N–H and O–H groups in total. The van der Waals surface area contributed by atoms with Crippen molar-refractivity contribution < 1.29 is 13.5 Å². The molecule has 0 spiro atoms. The number of para-hydroxylation sites is 1. The first-order chi connectivity index (χ1) is 12.8. The molecular weight excluding hydrogens is 364 g/mol. The molecule has 6 nitrogen and oxygen atoms in total. The van der Waals surface area contributed by atoms with E-state index in [-0.39, 0.29) is 30.2 Å². The van der Waals surface area contributed by atoms with Crippen molar-refractivity contribution in [3.05, 3.63) is 75.6 Å². The molecule has 0 unspecified atom stereocenters. The number of sulfonamides is 1. The summed E-state index contributed by atoms with van der Waals surface area (Å²) in [5.41, 5.74) is 2.62. The van der Waals surface area contributed by atoms with Gasteiger partial charge in [0.2, 0.25) is 10.0 Å². The highest BCUT2D eigenvalue weighted by molar-refractivity contribution is 7.89. The molecule has 0 aliphatic carbocycles. The van der Waals surface area contributed by atoms with Crippen LogP contribution in [0.3, 0.4) is 0 Å². The van der Waals surface area contributed by atoms with E-state index in [1.807, 2.05) is 32.0 Å². The molecule has 3 aromatic rings. The number of benzene rings is 2. The summed E-state index contributed by atoms with van der Waals surface area (Å²) in [7, 11) is -3.84. The summed E-state index contributed by atoms with van der Waals surface area (Å²) in [6, 6.07) is 13.9. The molecule has 0 atom stereocenters. The van der Waals surface area contributed by atoms with Crippen molar-refractivity contribution in [3.63, 3.8) is 0 Å². The lowest BCUT2D eigenvalue weighted by atomic mass is 10.1. The third-order valence-corrected chi connectivity index (χ3v) is 6.38. The van der Waals surface area contributed by atoms with Gasteiger partial charge in [-0.2, -0.15) is 4.31 Å². The highest BCUT2D eigenvalue weighted by atomic mass is 32.2. The van der Waals surface area contributed by atoms with Crippen LogP contribution >= 0.6 is 0 Å². The molecule has 0 aliphatic heterocycles. The number of nitrogens with one attached hydrogen (secondary N) is 1. The fourth-order valence-electron chi connectivity index (χ4n) is 2.99. The second kappa shape index (κ2) is 7.64. The highest BCUT2D eigenvalue weighted by Crippen LogP contribution is 2.20. The van der Waals surface area contributed by atoms with Crippen molar-refractivity contribution in [2.24, 2.45) is 0 Å². The number of aromatic nitrogens is 1. The van der Waals surface area contributed by atoms with Gasteiger partial charge in [-0.3, -0.25) is 4.79 Å². The predicted molar refractivity (Wildman–Crippen MR) is 105 cm³/mol. The van der Waals surface area contributed by atoms with Gasteiger partial charge in [-0.25, -0.2) is 8.42 Å². The number of H-pyrrole nitrogens is 1. The predicted octanol–water partition coefficient (Wildman–Crippen LogP) is 2.33. The first-order valence-electron chi connectivity index (χ1n) is 8.62. The number of pyridine rings is 1. The van der Waals surface area contributed by atoms with Crippen LogP contribution in [0.25, 0.3) is 10.9 Å². The fraction of sp³-hybridized carbons (Fsp3) is 0.250. The Labute approximate surface area is 158 Å². The molecule has 0 aliphatic rings. The van der Waals surface area contributed by atoms with Crippen molar-refractivity contribution in [3.8, 4) is 0 Å². The van der Waals surface area contributed by atoms with E-state index in [9.17, 15) is 18.3 Å². The van der Waals surface area contributed by atoms with E-state index in [2.05, 4.69) is 4.98 Å². The van der Waals surface area contributed by atoms with Gasteiger partial charge in [0, 0.05) is 18.7 Å². The highest BCUT2D eigenvalue weighted by Gasteiger charge is 2.25. The van der Waals surface area contributed by atoms with E-state index in [0.717, 1.165) is 26.3 Å². The maximum absolute atomic E-state index is 13.0. The number of aromatic amines is 1. The SMILES string of the molecule is Cc1ccc(S(=O)(=O)N(CCO)Cc2cc3cccc(C)c3[nH]c2=O)cc1. The molecule has 0 amide bonds. The Morgan fingerprint density at radius 3 is 2.44 bits per heavy atom. The third kappa shape index (κ3) is 3.95. The smallest absolute Gasteiger partial charge is 0.252 e. The van der Waals surface area contributed by atoms with Gasteiger partial charge >= 0.3 is 0 Å². The zero-order chi connectivity index (χ0) is 19.6.